The van der Waals surface area contributed by atoms with Crippen molar-refractivity contribution in [2.75, 3.05) is 0 Å². The van der Waals surface area contributed by atoms with Crippen LogP contribution in [0.2, 0.25) is 0 Å². The van der Waals surface area contributed by atoms with Gasteiger partial charge in [0.15, 0.2) is 0 Å². The quantitative estimate of drug-likeness (QED) is 0.855. The number of carbonyl (C=O) groups is 1. The monoisotopic (exact) mass is 342 g/mol. The van der Waals surface area contributed by atoms with Gasteiger partial charge in [-0.25, -0.2) is 0 Å². The van der Waals surface area contributed by atoms with E-state index in [1.54, 1.807) is 11.3 Å². The fourth-order valence-electron chi connectivity index (χ4n) is 3.36. The van der Waals surface area contributed by atoms with E-state index in [1.807, 2.05) is 6.07 Å². The Morgan fingerprint density at radius 3 is 2.42 bits per heavy atom. The number of rotatable bonds is 5. The van der Waals surface area contributed by atoms with Crippen LogP contribution in [0.4, 0.5) is 0 Å². The highest BCUT2D eigenvalue weighted by Crippen LogP contribution is 2.30. The number of hydrogen-bond acceptors (Lipinski definition) is 3. The smallest absolute Gasteiger partial charge is 0.223 e. The number of carbonyl (C=O) groups excluding carboxylic acids is 1. The van der Waals surface area contributed by atoms with Gasteiger partial charge >= 0.3 is 0 Å². The standard InChI is InChI=1S/C20H26N2OS/c1-13(2)14-5-7-15(8-6-14)19(18-4-3-11-24-18)22-20(23)16-9-10-17(21)12-16/h3-8,11,13,16-17,19H,9-10,12,21H2,1-2H3,(H,22,23). The first kappa shape index (κ1) is 17.2. The first-order chi connectivity index (χ1) is 11.5. The van der Waals surface area contributed by atoms with E-state index in [-0.39, 0.29) is 23.9 Å². The highest BCUT2D eigenvalue weighted by atomic mass is 32.1. The lowest BCUT2D eigenvalue weighted by Crippen LogP contribution is -2.34. The van der Waals surface area contributed by atoms with Crippen molar-refractivity contribution < 1.29 is 4.79 Å². The first-order valence-electron chi connectivity index (χ1n) is 8.74. The van der Waals surface area contributed by atoms with Crippen molar-refractivity contribution in [3.8, 4) is 0 Å². The van der Waals surface area contributed by atoms with Gasteiger partial charge in [-0.3, -0.25) is 4.79 Å². The van der Waals surface area contributed by atoms with Crippen molar-refractivity contribution in [3.05, 3.63) is 57.8 Å². The Hall–Kier alpha value is -1.65. The summed E-state index contributed by atoms with van der Waals surface area (Å²) < 4.78 is 0. The maximum absolute atomic E-state index is 12.7. The molecule has 0 bridgehead atoms. The second-order valence-electron chi connectivity index (χ2n) is 7.05. The van der Waals surface area contributed by atoms with Crippen LogP contribution in [0.15, 0.2) is 41.8 Å². The van der Waals surface area contributed by atoms with Crippen molar-refractivity contribution in [2.24, 2.45) is 11.7 Å². The minimum Gasteiger partial charge on any atom is -0.344 e. The normalized spacial score (nSPS) is 21.8. The minimum atomic E-state index is -0.0736. The van der Waals surface area contributed by atoms with Gasteiger partial charge in [0, 0.05) is 16.8 Å². The van der Waals surface area contributed by atoms with Gasteiger partial charge < -0.3 is 11.1 Å². The van der Waals surface area contributed by atoms with Gasteiger partial charge in [-0.05, 0) is 47.8 Å². The van der Waals surface area contributed by atoms with Gasteiger partial charge in [0.25, 0.3) is 0 Å². The summed E-state index contributed by atoms with van der Waals surface area (Å²) in [5.41, 5.74) is 8.42. The van der Waals surface area contributed by atoms with Gasteiger partial charge in [-0.1, -0.05) is 44.2 Å². The van der Waals surface area contributed by atoms with Crippen LogP contribution < -0.4 is 11.1 Å². The van der Waals surface area contributed by atoms with Gasteiger partial charge in [0.2, 0.25) is 5.91 Å². The van der Waals surface area contributed by atoms with E-state index in [0.29, 0.717) is 5.92 Å². The molecule has 3 atom stereocenters. The molecule has 1 aliphatic rings. The zero-order valence-electron chi connectivity index (χ0n) is 14.4. The van der Waals surface area contributed by atoms with E-state index in [4.69, 9.17) is 5.73 Å². The minimum absolute atomic E-state index is 0.0531. The third-order valence-electron chi connectivity index (χ3n) is 4.89. The molecule has 3 unspecified atom stereocenters. The fourth-order valence-corrected chi connectivity index (χ4v) is 4.16. The van der Waals surface area contributed by atoms with Crippen molar-refractivity contribution in [1.82, 2.24) is 5.32 Å². The van der Waals surface area contributed by atoms with Crippen molar-refractivity contribution in [1.29, 1.82) is 0 Å². The van der Waals surface area contributed by atoms with E-state index in [0.717, 1.165) is 24.8 Å². The van der Waals surface area contributed by atoms with Crippen molar-refractivity contribution in [2.45, 2.75) is 51.1 Å². The molecule has 128 valence electrons. The molecule has 4 heteroatoms. The molecule has 0 radical (unpaired) electrons. The predicted octanol–water partition coefficient (Wildman–Crippen LogP) is 4.20. The molecular formula is C20H26N2OS. The summed E-state index contributed by atoms with van der Waals surface area (Å²) in [6.45, 7) is 4.38. The van der Waals surface area contributed by atoms with E-state index in [2.05, 4.69) is 54.9 Å². The molecular weight excluding hydrogens is 316 g/mol. The third kappa shape index (κ3) is 3.87. The van der Waals surface area contributed by atoms with Gasteiger partial charge in [-0.15, -0.1) is 11.3 Å². The molecule has 0 spiro atoms. The van der Waals surface area contributed by atoms with Crippen LogP contribution in [0.5, 0.6) is 0 Å². The molecule has 1 amide bonds. The molecule has 1 heterocycles. The van der Waals surface area contributed by atoms with E-state index >= 15 is 0 Å². The molecule has 1 aliphatic carbocycles. The van der Waals surface area contributed by atoms with Gasteiger partial charge in [0.05, 0.1) is 6.04 Å². The second-order valence-corrected chi connectivity index (χ2v) is 8.03. The Morgan fingerprint density at radius 1 is 1.17 bits per heavy atom. The number of amides is 1. The average molecular weight is 343 g/mol. The Morgan fingerprint density at radius 2 is 1.88 bits per heavy atom. The van der Waals surface area contributed by atoms with Crippen LogP contribution in [0.25, 0.3) is 0 Å². The molecule has 3 rings (SSSR count). The molecule has 24 heavy (non-hydrogen) atoms. The Balaban J connectivity index is 1.80. The number of nitrogens with one attached hydrogen (secondary N) is 1. The predicted molar refractivity (Wildman–Crippen MR) is 100 cm³/mol. The zero-order valence-corrected chi connectivity index (χ0v) is 15.2. The summed E-state index contributed by atoms with van der Waals surface area (Å²) in [5.74, 6) is 0.695. The summed E-state index contributed by atoms with van der Waals surface area (Å²) >= 11 is 1.68. The Kier molecular flexibility index (Phi) is 5.36. The molecule has 3 nitrogen and oxygen atoms in total. The molecule has 2 aromatic rings. The Bertz CT molecular complexity index is 663. The molecule has 1 aromatic heterocycles. The number of benzene rings is 1. The second kappa shape index (κ2) is 7.49. The maximum Gasteiger partial charge on any atom is 0.223 e. The van der Waals surface area contributed by atoms with Crippen LogP contribution >= 0.6 is 11.3 Å². The van der Waals surface area contributed by atoms with Crippen LogP contribution in [-0.4, -0.2) is 11.9 Å². The lowest BCUT2D eigenvalue weighted by Gasteiger charge is -2.21. The number of hydrogen-bond donors (Lipinski definition) is 2. The van der Waals surface area contributed by atoms with Crippen LogP contribution in [0.3, 0.4) is 0 Å². The van der Waals surface area contributed by atoms with E-state index in [9.17, 15) is 4.79 Å². The first-order valence-corrected chi connectivity index (χ1v) is 9.61. The fraction of sp³-hybridized carbons (Fsp3) is 0.450. The van der Waals surface area contributed by atoms with E-state index in [1.165, 1.54) is 10.4 Å². The molecule has 0 aliphatic heterocycles. The van der Waals surface area contributed by atoms with Crippen molar-refractivity contribution in [3.63, 3.8) is 0 Å². The molecule has 0 saturated heterocycles. The van der Waals surface area contributed by atoms with Crippen LogP contribution in [0.1, 0.15) is 61.1 Å². The summed E-state index contributed by atoms with van der Waals surface area (Å²) in [7, 11) is 0. The average Bonchev–Trinajstić information content (AvgIpc) is 3.24. The Labute approximate surface area is 148 Å². The molecule has 3 N–H and O–H groups in total. The number of thiophene rings is 1. The van der Waals surface area contributed by atoms with Crippen LogP contribution in [0, 0.1) is 5.92 Å². The highest BCUT2D eigenvalue weighted by molar-refractivity contribution is 7.10. The van der Waals surface area contributed by atoms with Crippen LogP contribution in [-0.2, 0) is 4.79 Å². The SMILES string of the molecule is CC(C)c1ccc(C(NC(=O)C2CCC(N)C2)c2cccs2)cc1. The van der Waals surface area contributed by atoms with Gasteiger partial charge in [-0.2, -0.15) is 0 Å². The maximum atomic E-state index is 12.7. The lowest BCUT2D eigenvalue weighted by molar-refractivity contribution is -0.125. The largest absolute Gasteiger partial charge is 0.344 e. The highest BCUT2D eigenvalue weighted by Gasteiger charge is 2.29. The summed E-state index contributed by atoms with van der Waals surface area (Å²) in [5, 5.41) is 5.32. The van der Waals surface area contributed by atoms with Gasteiger partial charge in [0.1, 0.15) is 0 Å². The van der Waals surface area contributed by atoms with Crippen molar-refractivity contribution >= 4 is 17.2 Å². The molecule has 1 aromatic carbocycles. The third-order valence-corrected chi connectivity index (χ3v) is 5.83. The number of nitrogens with two attached hydrogens (primary N) is 1. The summed E-state index contributed by atoms with van der Waals surface area (Å²) in [6.07, 6.45) is 2.65. The molecule has 1 saturated carbocycles. The van der Waals surface area contributed by atoms with E-state index < -0.39 is 0 Å². The molecule has 1 fully saturated rings. The lowest BCUT2D eigenvalue weighted by atomic mass is 9.97. The topological polar surface area (TPSA) is 55.1 Å². The zero-order chi connectivity index (χ0) is 17.1. The summed E-state index contributed by atoms with van der Waals surface area (Å²) in [4.78, 5) is 13.9. The summed E-state index contributed by atoms with van der Waals surface area (Å²) in [6, 6.07) is 12.8.